The third-order valence-corrected chi connectivity index (χ3v) is 4.23. The molecule has 0 aliphatic carbocycles. The van der Waals surface area contributed by atoms with Gasteiger partial charge in [0.2, 0.25) is 10.0 Å². The number of halogens is 1. The number of hydrogen-bond acceptors (Lipinski definition) is 4. The van der Waals surface area contributed by atoms with E-state index in [1.54, 1.807) is 19.2 Å². The molecular formula is C16H21IN4O3S. The van der Waals surface area contributed by atoms with Gasteiger partial charge in [-0.1, -0.05) is 12.1 Å². The maximum Gasteiger partial charge on any atom is 0.238 e. The maximum absolute atomic E-state index is 11.2. The van der Waals surface area contributed by atoms with Crippen LogP contribution < -0.4 is 20.9 Å². The van der Waals surface area contributed by atoms with E-state index < -0.39 is 10.0 Å². The molecule has 25 heavy (non-hydrogen) atoms. The molecule has 5 N–H and O–H groups in total. The van der Waals surface area contributed by atoms with E-state index in [4.69, 9.17) is 15.6 Å². The Morgan fingerprint density at radius 3 is 2.24 bits per heavy atom. The molecule has 0 radical (unpaired) electrons. The van der Waals surface area contributed by atoms with Crippen molar-refractivity contribution in [2.75, 3.05) is 19.0 Å². The fourth-order valence-electron chi connectivity index (χ4n) is 2.01. The first-order valence-corrected chi connectivity index (χ1v) is 8.76. The molecule has 0 heterocycles. The number of nitrogens with zero attached hydrogens (tertiary/aromatic N) is 1. The van der Waals surface area contributed by atoms with E-state index in [0.29, 0.717) is 18.9 Å². The highest BCUT2D eigenvalue weighted by Crippen LogP contribution is 2.14. The largest absolute Gasteiger partial charge is 0.497 e. The molecule has 0 aromatic heterocycles. The molecule has 0 saturated carbocycles. The van der Waals surface area contributed by atoms with Crippen molar-refractivity contribution in [3.05, 3.63) is 54.1 Å². The monoisotopic (exact) mass is 476 g/mol. The number of sulfonamides is 1. The number of hydrogen-bond donors (Lipinski definition) is 3. The third kappa shape index (κ3) is 6.88. The topological polar surface area (TPSA) is 120 Å². The standard InChI is InChI=1S/C16H20N4O3S.HI/c1-23-14-6-4-13(5-7-14)20-16(17)19-11-10-12-2-8-15(9-3-12)24(18,21)22;/h2-9H,10-11H2,1H3,(H3,17,19,20)(H2,18,21,22);1H. The second-order valence-electron chi connectivity index (χ2n) is 5.06. The van der Waals surface area contributed by atoms with Gasteiger partial charge in [0, 0.05) is 12.2 Å². The fraction of sp³-hybridized carbons (Fsp3) is 0.188. The van der Waals surface area contributed by atoms with Crippen LogP contribution in [0.1, 0.15) is 5.56 Å². The van der Waals surface area contributed by atoms with Gasteiger partial charge in [-0.25, -0.2) is 13.6 Å². The van der Waals surface area contributed by atoms with Crippen molar-refractivity contribution < 1.29 is 13.2 Å². The number of guanidine groups is 1. The Labute approximate surface area is 164 Å². The van der Waals surface area contributed by atoms with Gasteiger partial charge < -0.3 is 15.8 Å². The summed E-state index contributed by atoms with van der Waals surface area (Å²) < 4.78 is 27.5. The molecule has 0 bridgehead atoms. The molecule has 0 saturated heterocycles. The Hall–Kier alpha value is -1.85. The van der Waals surface area contributed by atoms with Gasteiger partial charge in [-0.3, -0.25) is 4.99 Å². The number of methoxy groups -OCH3 is 1. The molecule has 9 heteroatoms. The summed E-state index contributed by atoms with van der Waals surface area (Å²) in [4.78, 5) is 4.33. The van der Waals surface area contributed by atoms with Gasteiger partial charge in [-0.15, -0.1) is 24.0 Å². The van der Waals surface area contributed by atoms with Crippen LogP contribution in [0.15, 0.2) is 58.4 Å². The highest BCUT2D eigenvalue weighted by molar-refractivity contribution is 14.0. The molecule has 0 spiro atoms. The molecule has 0 fully saturated rings. The summed E-state index contributed by atoms with van der Waals surface area (Å²) in [5.41, 5.74) is 7.60. The molecule has 136 valence electrons. The van der Waals surface area contributed by atoms with E-state index in [1.807, 2.05) is 24.3 Å². The average molecular weight is 476 g/mol. The number of rotatable bonds is 6. The summed E-state index contributed by atoms with van der Waals surface area (Å²) in [6, 6.07) is 13.7. The lowest BCUT2D eigenvalue weighted by Crippen LogP contribution is -2.23. The normalized spacial score (nSPS) is 11.5. The summed E-state index contributed by atoms with van der Waals surface area (Å²) in [5.74, 6) is 1.07. The summed E-state index contributed by atoms with van der Waals surface area (Å²) in [5, 5.41) is 8.04. The Kier molecular flexibility index (Phi) is 8.13. The second kappa shape index (κ2) is 9.59. The number of ether oxygens (including phenoxy) is 1. The van der Waals surface area contributed by atoms with E-state index in [2.05, 4.69) is 10.3 Å². The Morgan fingerprint density at radius 1 is 1.12 bits per heavy atom. The van der Waals surface area contributed by atoms with Gasteiger partial charge >= 0.3 is 0 Å². The molecule has 0 atom stereocenters. The minimum atomic E-state index is -3.66. The first kappa shape index (κ1) is 21.2. The van der Waals surface area contributed by atoms with E-state index in [9.17, 15) is 8.42 Å². The first-order chi connectivity index (χ1) is 11.4. The van der Waals surface area contributed by atoms with Crippen molar-refractivity contribution in [2.45, 2.75) is 11.3 Å². The van der Waals surface area contributed by atoms with Crippen molar-refractivity contribution in [1.29, 1.82) is 0 Å². The minimum absolute atomic E-state index is 0. The molecule has 0 amide bonds. The van der Waals surface area contributed by atoms with Gasteiger partial charge in [-0.05, 0) is 48.4 Å². The zero-order chi connectivity index (χ0) is 17.6. The number of aliphatic imine (C=N–C) groups is 1. The lowest BCUT2D eigenvalue weighted by Gasteiger charge is -2.07. The van der Waals surface area contributed by atoms with Crippen LogP contribution in [0, 0.1) is 0 Å². The van der Waals surface area contributed by atoms with E-state index >= 15 is 0 Å². The molecule has 0 aliphatic heterocycles. The minimum Gasteiger partial charge on any atom is -0.497 e. The second-order valence-corrected chi connectivity index (χ2v) is 6.62. The summed E-state index contributed by atoms with van der Waals surface area (Å²) >= 11 is 0. The zero-order valence-electron chi connectivity index (χ0n) is 13.7. The van der Waals surface area contributed by atoms with Gasteiger partial charge in [0.05, 0.1) is 12.0 Å². The van der Waals surface area contributed by atoms with Crippen molar-refractivity contribution >= 4 is 45.6 Å². The molecular weight excluding hydrogens is 455 g/mol. The van der Waals surface area contributed by atoms with Crippen molar-refractivity contribution in [2.24, 2.45) is 15.9 Å². The van der Waals surface area contributed by atoms with Crippen molar-refractivity contribution in [1.82, 2.24) is 0 Å². The van der Waals surface area contributed by atoms with E-state index in [1.165, 1.54) is 12.1 Å². The molecule has 7 nitrogen and oxygen atoms in total. The number of benzene rings is 2. The van der Waals surface area contributed by atoms with Crippen LogP contribution in [0.3, 0.4) is 0 Å². The number of nitrogens with one attached hydrogen (secondary N) is 1. The highest BCUT2D eigenvalue weighted by atomic mass is 127. The summed E-state index contributed by atoms with van der Waals surface area (Å²) in [6.45, 7) is 0.476. The maximum atomic E-state index is 11.2. The van der Waals surface area contributed by atoms with Gasteiger partial charge in [-0.2, -0.15) is 0 Å². The van der Waals surface area contributed by atoms with E-state index in [0.717, 1.165) is 17.0 Å². The fourth-order valence-corrected chi connectivity index (χ4v) is 2.53. The number of nitrogens with two attached hydrogens (primary N) is 2. The van der Waals surface area contributed by atoms with Crippen LogP contribution >= 0.6 is 24.0 Å². The van der Waals surface area contributed by atoms with E-state index in [-0.39, 0.29) is 28.9 Å². The quantitative estimate of drug-likeness (QED) is 0.335. The average Bonchev–Trinajstić information content (AvgIpc) is 2.55. The van der Waals surface area contributed by atoms with Crippen LogP contribution in [0.25, 0.3) is 0 Å². The predicted octanol–water partition coefficient (Wildman–Crippen LogP) is 1.93. The Morgan fingerprint density at radius 2 is 1.72 bits per heavy atom. The van der Waals surface area contributed by atoms with Gasteiger partial charge in [0.25, 0.3) is 0 Å². The van der Waals surface area contributed by atoms with Crippen LogP contribution in [0.2, 0.25) is 0 Å². The molecule has 2 aromatic carbocycles. The first-order valence-electron chi connectivity index (χ1n) is 7.21. The molecule has 0 unspecified atom stereocenters. The Balaban J connectivity index is 0.00000312. The highest BCUT2D eigenvalue weighted by Gasteiger charge is 2.06. The predicted molar refractivity (Wildman–Crippen MR) is 110 cm³/mol. The zero-order valence-corrected chi connectivity index (χ0v) is 16.8. The molecule has 2 aromatic rings. The van der Waals surface area contributed by atoms with Crippen molar-refractivity contribution in [3.8, 4) is 5.75 Å². The smallest absolute Gasteiger partial charge is 0.238 e. The van der Waals surface area contributed by atoms with Crippen molar-refractivity contribution in [3.63, 3.8) is 0 Å². The SMILES string of the molecule is COc1ccc(NC(N)=NCCc2ccc(S(N)(=O)=O)cc2)cc1.I. The summed E-state index contributed by atoms with van der Waals surface area (Å²) in [6.07, 6.45) is 0.635. The van der Waals surface area contributed by atoms with Crippen LogP contribution in [0.4, 0.5) is 5.69 Å². The molecule has 0 aliphatic rings. The van der Waals surface area contributed by atoms with Crippen LogP contribution in [-0.2, 0) is 16.4 Å². The lowest BCUT2D eigenvalue weighted by atomic mass is 10.1. The number of anilines is 1. The van der Waals surface area contributed by atoms with Gasteiger partial charge in [0.1, 0.15) is 5.75 Å². The lowest BCUT2D eigenvalue weighted by molar-refractivity contribution is 0.415. The van der Waals surface area contributed by atoms with Gasteiger partial charge in [0.15, 0.2) is 5.96 Å². The Bertz CT molecular complexity index is 806. The third-order valence-electron chi connectivity index (χ3n) is 3.30. The van der Waals surface area contributed by atoms with Crippen LogP contribution in [0.5, 0.6) is 5.75 Å². The molecule has 2 rings (SSSR count). The number of primary sulfonamides is 1. The summed E-state index contributed by atoms with van der Waals surface area (Å²) in [7, 11) is -2.05. The van der Waals surface area contributed by atoms with Crippen LogP contribution in [-0.4, -0.2) is 28.0 Å².